The molecule has 2 aromatic heterocycles. The van der Waals surface area contributed by atoms with E-state index >= 15 is 0 Å². The van der Waals surface area contributed by atoms with Gasteiger partial charge < -0.3 is 24.7 Å². The highest BCUT2D eigenvalue weighted by Gasteiger charge is 2.43. The van der Waals surface area contributed by atoms with Crippen LogP contribution in [0.3, 0.4) is 0 Å². The van der Waals surface area contributed by atoms with Crippen LogP contribution in [0.5, 0.6) is 5.75 Å². The van der Waals surface area contributed by atoms with Gasteiger partial charge in [-0.25, -0.2) is 4.98 Å². The number of aromatic hydroxyl groups is 1. The van der Waals surface area contributed by atoms with Gasteiger partial charge in [-0.1, -0.05) is 41.4 Å². The van der Waals surface area contributed by atoms with Crippen molar-refractivity contribution < 1.29 is 15.0 Å². The number of phenols is 1. The number of phenolic OH excluding ortho intramolecular Hbond substituents is 1. The number of hydrogen-bond acceptors (Lipinski definition) is 4. The number of aliphatic hydroxyl groups is 1. The van der Waals surface area contributed by atoms with Crippen LogP contribution in [0.1, 0.15) is 23.6 Å². The van der Waals surface area contributed by atoms with E-state index in [2.05, 4.69) is 9.97 Å². The lowest BCUT2D eigenvalue weighted by Crippen LogP contribution is -2.32. The standard InChI is InChI=1S/C24H20Cl2N4O3/c25-14-10-16(22(31)18(26)11-14)21-20(17-12-28-19-5-2-1-4-15(17)19)23(32)24(33)30(21)8-3-7-29-9-6-27-13-29/h1-2,4-6,9-13,21,28,31-32H,3,7-8H2. The third-order valence-electron chi connectivity index (χ3n) is 5.91. The Morgan fingerprint density at radius 2 is 1.94 bits per heavy atom. The first-order valence-corrected chi connectivity index (χ1v) is 11.2. The molecule has 33 heavy (non-hydrogen) atoms. The SMILES string of the molecule is O=C1C(O)=C(c2c[nH]c3ccccc23)C(c2cc(Cl)cc(Cl)c2O)N1CCCn1ccnc1. The number of nitrogens with one attached hydrogen (secondary N) is 1. The van der Waals surface area contributed by atoms with Gasteiger partial charge in [-0.3, -0.25) is 4.79 Å². The Bertz CT molecular complexity index is 1380. The number of hydrogen-bond donors (Lipinski definition) is 3. The summed E-state index contributed by atoms with van der Waals surface area (Å²) in [6.45, 7) is 0.975. The molecule has 0 saturated heterocycles. The van der Waals surface area contributed by atoms with Crippen LogP contribution in [0.2, 0.25) is 10.0 Å². The molecule has 4 aromatic rings. The number of H-pyrrole nitrogens is 1. The van der Waals surface area contributed by atoms with Crippen LogP contribution in [0.25, 0.3) is 16.5 Å². The summed E-state index contributed by atoms with van der Waals surface area (Å²) in [7, 11) is 0. The predicted molar refractivity (Wildman–Crippen MR) is 127 cm³/mol. The van der Waals surface area contributed by atoms with Gasteiger partial charge in [-0.15, -0.1) is 0 Å². The van der Waals surface area contributed by atoms with Crippen LogP contribution in [-0.4, -0.2) is 42.1 Å². The zero-order valence-corrected chi connectivity index (χ0v) is 18.9. The zero-order valence-electron chi connectivity index (χ0n) is 17.4. The predicted octanol–water partition coefficient (Wildman–Crippen LogP) is 5.32. The quantitative estimate of drug-likeness (QED) is 0.346. The lowest BCUT2D eigenvalue weighted by atomic mass is 9.92. The van der Waals surface area contributed by atoms with Crippen LogP contribution < -0.4 is 0 Å². The summed E-state index contributed by atoms with van der Waals surface area (Å²) >= 11 is 12.5. The Kier molecular flexibility index (Phi) is 5.52. The number of para-hydroxylation sites is 1. The summed E-state index contributed by atoms with van der Waals surface area (Å²) in [5, 5.41) is 23.1. The van der Waals surface area contributed by atoms with Gasteiger partial charge in [0.05, 0.1) is 17.4 Å². The van der Waals surface area contributed by atoms with Crippen LogP contribution in [-0.2, 0) is 11.3 Å². The molecule has 0 spiro atoms. The largest absolute Gasteiger partial charge is 0.506 e. The smallest absolute Gasteiger partial charge is 0.289 e. The number of carbonyl (C=O) groups is 1. The summed E-state index contributed by atoms with van der Waals surface area (Å²) < 4.78 is 1.91. The highest BCUT2D eigenvalue weighted by atomic mass is 35.5. The summed E-state index contributed by atoms with van der Waals surface area (Å²) in [5.74, 6) is -1.05. The molecule has 168 valence electrons. The van der Waals surface area contributed by atoms with Crippen molar-refractivity contribution in [3.05, 3.63) is 88.2 Å². The minimum Gasteiger partial charge on any atom is -0.506 e. The lowest BCUT2D eigenvalue weighted by Gasteiger charge is -2.28. The third kappa shape index (κ3) is 3.73. The Morgan fingerprint density at radius 1 is 1.12 bits per heavy atom. The number of aromatic nitrogens is 3. The number of amides is 1. The molecule has 3 N–H and O–H groups in total. The Balaban J connectivity index is 1.61. The number of fused-ring (bicyclic) bond motifs is 1. The van der Waals surface area contributed by atoms with Gasteiger partial charge in [0, 0.05) is 64.3 Å². The number of aromatic amines is 1. The van der Waals surface area contributed by atoms with Crippen molar-refractivity contribution in [2.45, 2.75) is 19.0 Å². The fourth-order valence-electron chi connectivity index (χ4n) is 4.41. The third-order valence-corrected chi connectivity index (χ3v) is 6.42. The van der Waals surface area contributed by atoms with E-state index in [0.29, 0.717) is 41.2 Å². The lowest BCUT2D eigenvalue weighted by molar-refractivity contribution is -0.129. The molecular formula is C24H20Cl2N4O3. The maximum atomic E-state index is 13.2. The van der Waals surface area contributed by atoms with Gasteiger partial charge in [0.2, 0.25) is 0 Å². The first kappa shape index (κ1) is 21.4. The number of benzene rings is 2. The van der Waals surface area contributed by atoms with Crippen molar-refractivity contribution in [3.63, 3.8) is 0 Å². The minimum absolute atomic E-state index is 0.0768. The zero-order chi connectivity index (χ0) is 23.1. The van der Waals surface area contributed by atoms with Crippen molar-refractivity contribution in [1.29, 1.82) is 0 Å². The maximum absolute atomic E-state index is 13.2. The van der Waals surface area contributed by atoms with E-state index in [1.807, 2.05) is 35.0 Å². The number of halogens is 2. The number of imidazole rings is 1. The minimum atomic E-state index is -0.768. The first-order valence-electron chi connectivity index (χ1n) is 10.4. The number of aliphatic hydroxyl groups excluding tert-OH is 1. The topological polar surface area (TPSA) is 94.4 Å². The van der Waals surface area contributed by atoms with Crippen LogP contribution in [0.15, 0.2) is 67.1 Å². The van der Waals surface area contributed by atoms with Crippen molar-refractivity contribution in [2.24, 2.45) is 0 Å². The van der Waals surface area contributed by atoms with E-state index in [0.717, 1.165) is 10.9 Å². The summed E-state index contributed by atoms with van der Waals surface area (Å²) in [6.07, 6.45) is 7.62. The Labute approximate surface area is 199 Å². The molecule has 2 aromatic carbocycles. The summed E-state index contributed by atoms with van der Waals surface area (Å²) in [6, 6.07) is 9.87. The van der Waals surface area contributed by atoms with Crippen molar-refractivity contribution in [2.75, 3.05) is 6.54 Å². The van der Waals surface area contributed by atoms with Gasteiger partial charge in [0.15, 0.2) is 5.76 Å². The summed E-state index contributed by atoms with van der Waals surface area (Å²) in [5.41, 5.74) is 2.29. The number of carbonyl (C=O) groups excluding carboxylic acids is 1. The van der Waals surface area contributed by atoms with Crippen molar-refractivity contribution >= 4 is 45.6 Å². The monoisotopic (exact) mass is 482 g/mol. The molecule has 0 radical (unpaired) electrons. The van der Waals surface area contributed by atoms with Crippen LogP contribution >= 0.6 is 23.2 Å². The molecule has 3 heterocycles. The van der Waals surface area contributed by atoms with E-state index in [1.165, 1.54) is 6.07 Å². The maximum Gasteiger partial charge on any atom is 0.289 e. The molecule has 5 rings (SSSR count). The molecule has 9 heteroatoms. The van der Waals surface area contributed by atoms with Crippen molar-refractivity contribution in [1.82, 2.24) is 19.4 Å². The van der Waals surface area contributed by atoms with Gasteiger partial charge in [0.25, 0.3) is 5.91 Å². The molecule has 7 nitrogen and oxygen atoms in total. The fourth-order valence-corrected chi connectivity index (χ4v) is 4.92. The van der Waals surface area contributed by atoms with E-state index in [4.69, 9.17) is 23.2 Å². The average Bonchev–Trinajstić information content (AvgIpc) is 3.52. The molecule has 1 aliphatic rings. The van der Waals surface area contributed by atoms with E-state index in [-0.39, 0.29) is 16.5 Å². The average molecular weight is 483 g/mol. The van der Waals surface area contributed by atoms with Crippen molar-refractivity contribution in [3.8, 4) is 5.75 Å². The van der Waals surface area contributed by atoms with Crippen LogP contribution in [0, 0.1) is 0 Å². The highest BCUT2D eigenvalue weighted by molar-refractivity contribution is 6.35. The first-order chi connectivity index (χ1) is 16.0. The molecule has 0 aliphatic carbocycles. The number of nitrogens with zero attached hydrogens (tertiary/aromatic N) is 3. The molecular weight excluding hydrogens is 463 g/mol. The molecule has 1 aliphatic heterocycles. The molecule has 1 atom stereocenters. The Hall–Kier alpha value is -3.42. The summed E-state index contributed by atoms with van der Waals surface area (Å²) in [4.78, 5) is 22.0. The van der Waals surface area contributed by atoms with Crippen LogP contribution in [0.4, 0.5) is 0 Å². The number of aryl methyl sites for hydroxylation is 1. The molecule has 0 fully saturated rings. The Morgan fingerprint density at radius 3 is 2.73 bits per heavy atom. The molecule has 1 amide bonds. The van der Waals surface area contributed by atoms with Gasteiger partial charge in [-0.05, 0) is 24.6 Å². The highest BCUT2D eigenvalue weighted by Crippen LogP contribution is 2.49. The second-order valence-corrected chi connectivity index (χ2v) is 8.73. The van der Waals surface area contributed by atoms with E-state index < -0.39 is 11.9 Å². The fraction of sp³-hybridized carbons (Fsp3) is 0.167. The molecule has 1 unspecified atom stereocenters. The van der Waals surface area contributed by atoms with Gasteiger partial charge in [-0.2, -0.15) is 0 Å². The van der Waals surface area contributed by atoms with E-state index in [1.54, 1.807) is 29.7 Å². The van der Waals surface area contributed by atoms with Gasteiger partial charge in [0.1, 0.15) is 5.75 Å². The normalized spacial score (nSPS) is 16.4. The molecule has 0 bridgehead atoms. The second kappa shape index (κ2) is 8.50. The second-order valence-electron chi connectivity index (χ2n) is 7.89. The number of rotatable bonds is 6. The molecule has 0 saturated carbocycles. The van der Waals surface area contributed by atoms with Gasteiger partial charge >= 0.3 is 0 Å². The van der Waals surface area contributed by atoms with E-state index in [9.17, 15) is 15.0 Å².